The van der Waals surface area contributed by atoms with Crippen LogP contribution < -0.4 is 0 Å². The largest absolute Gasteiger partial charge is 0.491 e. The molecule has 3 aliphatic rings. The predicted molar refractivity (Wildman–Crippen MR) is 88.8 cm³/mol. The molecule has 1 aliphatic heterocycles. The summed E-state index contributed by atoms with van der Waals surface area (Å²) >= 11 is 0. The molecule has 0 aromatic heterocycles. The third-order valence-electron chi connectivity index (χ3n) is 5.47. The van der Waals surface area contributed by atoms with Gasteiger partial charge in [-0.3, -0.25) is 0 Å². The monoisotopic (exact) mass is 284 g/mol. The number of ether oxygens (including phenoxy) is 1. The molecule has 0 saturated carbocycles. The van der Waals surface area contributed by atoms with Crippen LogP contribution in [0.5, 0.6) is 0 Å². The lowest BCUT2D eigenvalue weighted by Gasteiger charge is -2.39. The molecule has 0 N–H and O–H groups in total. The van der Waals surface area contributed by atoms with Crippen molar-refractivity contribution in [1.29, 1.82) is 0 Å². The maximum atomic E-state index is 5.85. The number of hydrogen-bond donors (Lipinski definition) is 0. The molecule has 114 valence electrons. The Labute approximate surface area is 129 Å². The zero-order chi connectivity index (χ0) is 14.8. The first kappa shape index (κ1) is 14.7. The molecule has 2 aliphatic carbocycles. The Morgan fingerprint density at radius 1 is 1.19 bits per heavy atom. The van der Waals surface area contributed by atoms with Crippen LogP contribution in [0.1, 0.15) is 46.0 Å². The minimum absolute atomic E-state index is 0.343. The van der Waals surface area contributed by atoms with Crippen LogP contribution in [-0.2, 0) is 4.74 Å². The van der Waals surface area contributed by atoms with E-state index in [9.17, 15) is 0 Å². The lowest BCUT2D eigenvalue weighted by molar-refractivity contribution is 0.0976. The molecule has 21 heavy (non-hydrogen) atoms. The molecule has 5 unspecified atom stereocenters. The summed E-state index contributed by atoms with van der Waals surface area (Å²) in [4.78, 5) is 0. The van der Waals surface area contributed by atoms with Crippen molar-refractivity contribution < 1.29 is 4.74 Å². The highest BCUT2D eigenvalue weighted by Gasteiger charge is 2.33. The molecule has 0 bridgehead atoms. The van der Waals surface area contributed by atoms with Gasteiger partial charge in [-0.15, -0.1) is 0 Å². The maximum Gasteiger partial charge on any atom is 0.112 e. The summed E-state index contributed by atoms with van der Waals surface area (Å²) in [6, 6.07) is 0. The molecule has 0 amide bonds. The second-order valence-electron chi connectivity index (χ2n) is 7.13. The first-order valence-corrected chi connectivity index (χ1v) is 8.55. The summed E-state index contributed by atoms with van der Waals surface area (Å²) in [6.45, 7) is 8.65. The van der Waals surface area contributed by atoms with Gasteiger partial charge in [-0.1, -0.05) is 44.7 Å². The van der Waals surface area contributed by atoms with E-state index in [1.54, 1.807) is 5.57 Å². The Bertz CT molecular complexity index is 482. The normalized spacial score (nSPS) is 38.7. The van der Waals surface area contributed by atoms with Crippen molar-refractivity contribution in [3.8, 4) is 0 Å². The van der Waals surface area contributed by atoms with E-state index in [1.807, 2.05) is 6.08 Å². The van der Waals surface area contributed by atoms with Crippen molar-refractivity contribution in [3.63, 3.8) is 0 Å². The van der Waals surface area contributed by atoms with Gasteiger partial charge in [-0.05, 0) is 61.0 Å². The Morgan fingerprint density at radius 3 is 2.86 bits per heavy atom. The van der Waals surface area contributed by atoms with Crippen molar-refractivity contribution >= 4 is 0 Å². The lowest BCUT2D eigenvalue weighted by Crippen LogP contribution is -2.29. The van der Waals surface area contributed by atoms with E-state index in [0.29, 0.717) is 12.0 Å². The molecule has 1 heteroatoms. The fraction of sp³-hybridized carbons (Fsp3) is 0.600. The lowest BCUT2D eigenvalue weighted by atomic mass is 9.66. The summed E-state index contributed by atoms with van der Waals surface area (Å²) < 4.78 is 5.85. The summed E-state index contributed by atoms with van der Waals surface area (Å²) in [6.07, 6.45) is 18.0. The van der Waals surface area contributed by atoms with Gasteiger partial charge in [0.2, 0.25) is 0 Å². The minimum atomic E-state index is 0.343. The summed E-state index contributed by atoms with van der Waals surface area (Å²) in [5, 5.41) is 0. The van der Waals surface area contributed by atoms with Gasteiger partial charge in [0.25, 0.3) is 0 Å². The van der Waals surface area contributed by atoms with Crippen molar-refractivity contribution in [3.05, 3.63) is 48.3 Å². The topological polar surface area (TPSA) is 9.23 Å². The number of fused-ring (bicyclic) bond motifs is 1. The van der Waals surface area contributed by atoms with Gasteiger partial charge >= 0.3 is 0 Å². The number of hydrogen-bond acceptors (Lipinski definition) is 1. The minimum Gasteiger partial charge on any atom is -0.491 e. The van der Waals surface area contributed by atoms with Crippen LogP contribution in [0, 0.1) is 23.7 Å². The summed E-state index contributed by atoms with van der Waals surface area (Å²) in [5.41, 5.74) is 1.60. The van der Waals surface area contributed by atoms with Crippen LogP contribution in [0.15, 0.2) is 48.3 Å². The fourth-order valence-electron chi connectivity index (χ4n) is 4.23. The van der Waals surface area contributed by atoms with Gasteiger partial charge in [0.05, 0.1) is 0 Å². The van der Waals surface area contributed by atoms with E-state index in [4.69, 9.17) is 4.74 Å². The molecule has 1 nitrogen and oxygen atoms in total. The Kier molecular flexibility index (Phi) is 4.37. The molecule has 0 aromatic rings. The molecule has 0 radical (unpaired) electrons. The number of rotatable bonds is 3. The third-order valence-corrected chi connectivity index (χ3v) is 5.47. The first-order chi connectivity index (χ1) is 10.1. The maximum absolute atomic E-state index is 5.85. The molecular formula is C20H28O. The Hall–Kier alpha value is -1.24. The second kappa shape index (κ2) is 6.25. The first-order valence-electron chi connectivity index (χ1n) is 8.55. The van der Waals surface area contributed by atoms with Gasteiger partial charge in [-0.25, -0.2) is 0 Å². The fourth-order valence-corrected chi connectivity index (χ4v) is 4.23. The quantitative estimate of drug-likeness (QED) is 0.672. The highest BCUT2D eigenvalue weighted by Crippen LogP contribution is 2.43. The van der Waals surface area contributed by atoms with Crippen LogP contribution in [0.2, 0.25) is 0 Å². The van der Waals surface area contributed by atoms with Gasteiger partial charge in [-0.2, -0.15) is 0 Å². The molecule has 5 atom stereocenters. The van der Waals surface area contributed by atoms with E-state index in [2.05, 4.69) is 44.7 Å². The van der Waals surface area contributed by atoms with Crippen molar-refractivity contribution in [1.82, 2.24) is 0 Å². The van der Waals surface area contributed by atoms with E-state index in [-0.39, 0.29) is 0 Å². The highest BCUT2D eigenvalue weighted by atomic mass is 16.5. The third kappa shape index (κ3) is 3.33. The Balaban J connectivity index is 1.64. The zero-order valence-corrected chi connectivity index (χ0v) is 13.4. The molecular weight excluding hydrogens is 256 g/mol. The van der Waals surface area contributed by atoms with Gasteiger partial charge in [0.1, 0.15) is 11.9 Å². The van der Waals surface area contributed by atoms with Crippen molar-refractivity contribution in [2.75, 3.05) is 0 Å². The average Bonchev–Trinajstić information content (AvgIpc) is 2.46. The van der Waals surface area contributed by atoms with E-state index in [1.165, 1.54) is 19.3 Å². The van der Waals surface area contributed by atoms with Crippen LogP contribution in [-0.4, -0.2) is 6.10 Å². The molecule has 0 spiro atoms. The van der Waals surface area contributed by atoms with Crippen LogP contribution in [0.3, 0.4) is 0 Å². The van der Waals surface area contributed by atoms with Gasteiger partial charge < -0.3 is 4.74 Å². The smallest absolute Gasteiger partial charge is 0.112 e. The Morgan fingerprint density at radius 2 is 2.05 bits per heavy atom. The van der Waals surface area contributed by atoms with Crippen LogP contribution in [0.4, 0.5) is 0 Å². The molecule has 1 heterocycles. The van der Waals surface area contributed by atoms with Crippen molar-refractivity contribution in [2.45, 2.75) is 52.1 Å². The number of allylic oxidation sites excluding steroid dienone is 5. The molecule has 0 aromatic carbocycles. The van der Waals surface area contributed by atoms with Crippen LogP contribution >= 0.6 is 0 Å². The zero-order valence-electron chi connectivity index (χ0n) is 13.4. The predicted octanol–water partition coefficient (Wildman–Crippen LogP) is 5.42. The summed E-state index contributed by atoms with van der Waals surface area (Å²) in [7, 11) is 0. The second-order valence-corrected chi connectivity index (χ2v) is 7.13. The average molecular weight is 284 g/mol. The van der Waals surface area contributed by atoms with Gasteiger partial charge in [0.15, 0.2) is 0 Å². The van der Waals surface area contributed by atoms with Crippen molar-refractivity contribution in [2.24, 2.45) is 23.7 Å². The van der Waals surface area contributed by atoms with E-state index >= 15 is 0 Å². The molecule has 0 saturated heterocycles. The SMILES string of the molecule is C=C1C=CCC(CCC2C(C)C=CC3=CC(C)CCC32)O1. The van der Waals surface area contributed by atoms with Gasteiger partial charge in [0, 0.05) is 6.42 Å². The molecule has 0 fully saturated rings. The summed E-state index contributed by atoms with van der Waals surface area (Å²) in [5.74, 6) is 3.85. The molecule has 3 rings (SSSR count). The standard InChI is InChI=1S/C20H28O/c1-14-7-11-20-17(13-14)9-8-15(2)19(20)12-10-18-6-4-5-16(3)21-18/h4-5,8-9,13-15,18-20H,3,6-7,10-12H2,1-2H3. The van der Waals surface area contributed by atoms with Crippen LogP contribution in [0.25, 0.3) is 0 Å². The van der Waals surface area contributed by atoms with E-state index in [0.717, 1.165) is 36.4 Å². The highest BCUT2D eigenvalue weighted by molar-refractivity contribution is 5.29. The van der Waals surface area contributed by atoms with E-state index < -0.39 is 0 Å².